The van der Waals surface area contributed by atoms with Crippen LogP contribution in [0.25, 0.3) is 0 Å². The summed E-state index contributed by atoms with van der Waals surface area (Å²) in [6, 6.07) is 12.7. The lowest BCUT2D eigenvalue weighted by molar-refractivity contribution is -0.112. The Kier molecular flexibility index (Phi) is 6.57. The van der Waals surface area contributed by atoms with E-state index in [9.17, 15) is 14.4 Å². The lowest BCUT2D eigenvalue weighted by atomic mass is 10.2. The number of carbonyl (C=O) groups is 1. The number of nitrogens with zero attached hydrogens (tertiary/aromatic N) is 1. The lowest BCUT2D eigenvalue weighted by Gasteiger charge is -2.10. The van der Waals surface area contributed by atoms with E-state index in [0.29, 0.717) is 22.7 Å². The fourth-order valence-electron chi connectivity index (χ4n) is 2.18. The number of anilines is 1. The third-order valence-corrected chi connectivity index (χ3v) is 3.45. The monoisotopic (exact) mass is 355 g/mol. The van der Waals surface area contributed by atoms with Crippen molar-refractivity contribution in [1.82, 2.24) is 5.32 Å². The van der Waals surface area contributed by atoms with Gasteiger partial charge in [-0.3, -0.25) is 4.79 Å². The van der Waals surface area contributed by atoms with Gasteiger partial charge in [0.2, 0.25) is 0 Å². The quantitative estimate of drug-likeness (QED) is 0.589. The first-order chi connectivity index (χ1) is 12.6. The van der Waals surface area contributed by atoms with E-state index in [0.717, 1.165) is 0 Å². The first-order valence-corrected chi connectivity index (χ1v) is 7.69. The predicted octanol–water partition coefficient (Wildman–Crippen LogP) is 2.98. The molecule has 7 heteroatoms. The van der Waals surface area contributed by atoms with Gasteiger partial charge in [0.05, 0.1) is 14.2 Å². The van der Waals surface area contributed by atoms with Gasteiger partial charge in [0.1, 0.15) is 17.5 Å². The molecule has 0 fully saturated rings. The van der Waals surface area contributed by atoms with Crippen molar-refractivity contribution in [3.05, 3.63) is 65.6 Å². The second kappa shape index (κ2) is 9.08. The molecule has 134 valence electrons. The van der Waals surface area contributed by atoms with Crippen LogP contribution in [0.2, 0.25) is 0 Å². The van der Waals surface area contributed by atoms with E-state index in [1.165, 1.54) is 32.6 Å². The van der Waals surface area contributed by atoms with Crippen LogP contribution in [-0.2, 0) is 11.3 Å². The third kappa shape index (κ3) is 4.98. The predicted molar refractivity (Wildman–Crippen MR) is 95.1 cm³/mol. The van der Waals surface area contributed by atoms with Gasteiger partial charge in [0, 0.05) is 24.5 Å². The third-order valence-electron chi connectivity index (χ3n) is 3.45. The van der Waals surface area contributed by atoms with Crippen LogP contribution in [0.3, 0.4) is 0 Å². The summed E-state index contributed by atoms with van der Waals surface area (Å²) in [4.78, 5) is 12.2. The fraction of sp³-hybridized carbons (Fsp3) is 0.158. The van der Waals surface area contributed by atoms with E-state index in [4.69, 9.17) is 9.47 Å². The van der Waals surface area contributed by atoms with E-state index in [1.807, 2.05) is 6.07 Å². The number of carbonyl (C=O) groups excluding carboxylic acids is 1. The zero-order chi connectivity index (χ0) is 18.9. The van der Waals surface area contributed by atoms with E-state index in [2.05, 4.69) is 10.6 Å². The number of hydrogen-bond acceptors (Lipinski definition) is 5. The van der Waals surface area contributed by atoms with Crippen molar-refractivity contribution in [3.8, 4) is 17.6 Å². The summed E-state index contributed by atoms with van der Waals surface area (Å²) in [5, 5.41) is 14.6. The minimum atomic E-state index is -0.577. The average Bonchev–Trinajstić information content (AvgIpc) is 2.65. The molecule has 0 saturated heterocycles. The molecule has 2 aromatic rings. The highest BCUT2D eigenvalue weighted by Crippen LogP contribution is 2.29. The molecule has 0 atom stereocenters. The number of rotatable bonds is 7. The molecule has 6 nitrogen and oxygen atoms in total. The maximum absolute atomic E-state index is 13.1. The molecule has 0 aromatic heterocycles. The van der Waals surface area contributed by atoms with Crippen LogP contribution in [0.5, 0.6) is 11.5 Å². The van der Waals surface area contributed by atoms with Gasteiger partial charge in [0.25, 0.3) is 5.91 Å². The Balaban J connectivity index is 2.03. The number of nitrogens with one attached hydrogen (secondary N) is 2. The zero-order valence-electron chi connectivity index (χ0n) is 14.4. The first kappa shape index (κ1) is 18.8. The molecule has 0 unspecified atom stereocenters. The minimum absolute atomic E-state index is 0.115. The summed E-state index contributed by atoms with van der Waals surface area (Å²) >= 11 is 0. The van der Waals surface area contributed by atoms with Crippen molar-refractivity contribution in [1.29, 1.82) is 5.26 Å². The second-order valence-corrected chi connectivity index (χ2v) is 5.20. The highest BCUT2D eigenvalue weighted by atomic mass is 19.1. The van der Waals surface area contributed by atoms with E-state index >= 15 is 0 Å². The van der Waals surface area contributed by atoms with Crippen LogP contribution < -0.4 is 20.1 Å². The van der Waals surface area contributed by atoms with Gasteiger partial charge in [-0.2, -0.15) is 5.26 Å². The summed E-state index contributed by atoms with van der Waals surface area (Å²) in [6.07, 6.45) is 1.29. The van der Waals surface area contributed by atoms with Crippen LogP contribution in [-0.4, -0.2) is 20.1 Å². The summed E-state index contributed by atoms with van der Waals surface area (Å²) in [5.41, 5.74) is 1.04. The first-order valence-electron chi connectivity index (χ1n) is 7.69. The van der Waals surface area contributed by atoms with Gasteiger partial charge in [-0.25, -0.2) is 4.39 Å². The summed E-state index contributed by atoms with van der Waals surface area (Å²) in [7, 11) is 3.00. The normalized spacial score (nSPS) is 10.6. The Hall–Kier alpha value is -3.53. The Morgan fingerprint density at radius 1 is 1.19 bits per heavy atom. The van der Waals surface area contributed by atoms with Crippen molar-refractivity contribution in [3.63, 3.8) is 0 Å². The molecule has 2 N–H and O–H groups in total. The van der Waals surface area contributed by atoms with Crippen LogP contribution >= 0.6 is 0 Å². The Morgan fingerprint density at radius 2 is 1.96 bits per heavy atom. The smallest absolute Gasteiger partial charge is 0.267 e. The molecule has 0 spiro atoms. The molecular formula is C19H18FN3O3. The number of methoxy groups -OCH3 is 2. The molecule has 2 rings (SSSR count). The molecular weight excluding hydrogens is 337 g/mol. The second-order valence-electron chi connectivity index (χ2n) is 5.20. The molecule has 0 radical (unpaired) electrons. The van der Waals surface area contributed by atoms with Gasteiger partial charge in [-0.1, -0.05) is 12.1 Å². The van der Waals surface area contributed by atoms with Gasteiger partial charge in [-0.15, -0.1) is 0 Å². The number of amides is 1. The van der Waals surface area contributed by atoms with E-state index < -0.39 is 5.91 Å². The molecule has 2 aromatic carbocycles. The topological polar surface area (TPSA) is 83.4 Å². The van der Waals surface area contributed by atoms with Crippen LogP contribution in [0, 0.1) is 17.1 Å². The Bertz CT molecular complexity index is 859. The van der Waals surface area contributed by atoms with Crippen LogP contribution in [0.15, 0.2) is 54.2 Å². The van der Waals surface area contributed by atoms with Crippen molar-refractivity contribution in [2.24, 2.45) is 0 Å². The maximum Gasteiger partial charge on any atom is 0.267 e. The highest BCUT2D eigenvalue weighted by molar-refractivity contribution is 6.06. The van der Waals surface area contributed by atoms with Gasteiger partial charge >= 0.3 is 0 Å². The Morgan fingerprint density at radius 3 is 2.62 bits per heavy atom. The Labute approximate surface area is 150 Å². The average molecular weight is 355 g/mol. The molecule has 0 aliphatic carbocycles. The summed E-state index contributed by atoms with van der Waals surface area (Å²) in [6.45, 7) is 0.284. The van der Waals surface area contributed by atoms with Gasteiger partial charge in [-0.05, 0) is 29.8 Å². The van der Waals surface area contributed by atoms with Crippen molar-refractivity contribution < 1.29 is 18.7 Å². The number of nitriles is 1. The van der Waals surface area contributed by atoms with Crippen LogP contribution in [0.1, 0.15) is 5.56 Å². The van der Waals surface area contributed by atoms with Crippen molar-refractivity contribution in [2.75, 3.05) is 19.5 Å². The summed E-state index contributed by atoms with van der Waals surface area (Å²) in [5.74, 6) is 0.0572. The SMILES string of the molecule is COc1ccc(NC(=O)/C(C#N)=C\NCc2cccc(F)c2)cc1OC. The molecule has 26 heavy (non-hydrogen) atoms. The maximum atomic E-state index is 13.1. The zero-order valence-corrected chi connectivity index (χ0v) is 14.4. The van der Waals surface area contributed by atoms with Crippen molar-refractivity contribution >= 4 is 11.6 Å². The molecule has 0 heterocycles. The molecule has 1 amide bonds. The van der Waals surface area contributed by atoms with E-state index in [1.54, 1.807) is 30.3 Å². The lowest BCUT2D eigenvalue weighted by Crippen LogP contribution is -2.16. The molecule has 0 aliphatic rings. The standard InChI is InChI=1S/C19H18FN3O3/c1-25-17-7-6-16(9-18(17)26-2)23-19(24)14(10-21)12-22-11-13-4-3-5-15(20)8-13/h3-9,12,22H,11H2,1-2H3,(H,23,24)/b14-12-. The molecule has 0 saturated carbocycles. The van der Waals surface area contributed by atoms with Gasteiger partial charge < -0.3 is 20.1 Å². The van der Waals surface area contributed by atoms with E-state index in [-0.39, 0.29) is 17.9 Å². The highest BCUT2D eigenvalue weighted by Gasteiger charge is 2.11. The van der Waals surface area contributed by atoms with Gasteiger partial charge in [0.15, 0.2) is 11.5 Å². The number of halogens is 1. The number of benzene rings is 2. The minimum Gasteiger partial charge on any atom is -0.493 e. The van der Waals surface area contributed by atoms with Crippen molar-refractivity contribution in [2.45, 2.75) is 6.54 Å². The molecule has 0 bridgehead atoms. The fourth-order valence-corrected chi connectivity index (χ4v) is 2.18. The molecule has 0 aliphatic heterocycles. The number of ether oxygens (including phenoxy) is 2. The largest absolute Gasteiger partial charge is 0.493 e. The van der Waals surface area contributed by atoms with Crippen LogP contribution in [0.4, 0.5) is 10.1 Å². The number of hydrogen-bond donors (Lipinski definition) is 2. The summed E-state index contributed by atoms with van der Waals surface area (Å²) < 4.78 is 23.4.